The van der Waals surface area contributed by atoms with Crippen LogP contribution in [0.25, 0.3) is 0 Å². The van der Waals surface area contributed by atoms with Crippen molar-refractivity contribution in [3.63, 3.8) is 0 Å². The summed E-state index contributed by atoms with van der Waals surface area (Å²) in [5.74, 6) is -0.524. The van der Waals surface area contributed by atoms with Crippen LogP contribution >= 0.6 is 31.9 Å². The predicted molar refractivity (Wildman–Crippen MR) is 95.8 cm³/mol. The van der Waals surface area contributed by atoms with E-state index in [1.54, 1.807) is 0 Å². The summed E-state index contributed by atoms with van der Waals surface area (Å²) in [5.41, 5.74) is 1.28. The Balaban J connectivity index is 2.02. The Morgan fingerprint density at radius 1 is 0.826 bits per heavy atom. The van der Waals surface area contributed by atoms with Crippen LogP contribution in [0.2, 0.25) is 0 Å². The Morgan fingerprint density at radius 3 is 1.78 bits per heavy atom. The molecular weight excluding hydrogens is 420 g/mol. The van der Waals surface area contributed by atoms with E-state index in [0.717, 1.165) is 11.1 Å². The standard InChI is InChI=1S/C19H12Br2O2/c20-14-11-15(22)16-18(19(16,21)17(14)23,12-7-3-1-4-8-12)13-9-5-2-6-10-13/h1-11,16H. The van der Waals surface area contributed by atoms with Crippen LogP contribution in [-0.4, -0.2) is 15.9 Å². The van der Waals surface area contributed by atoms with Crippen molar-refractivity contribution in [2.45, 2.75) is 9.74 Å². The zero-order valence-corrected chi connectivity index (χ0v) is 15.2. The molecule has 0 bridgehead atoms. The van der Waals surface area contributed by atoms with Crippen LogP contribution in [0.1, 0.15) is 11.1 Å². The highest BCUT2D eigenvalue weighted by Gasteiger charge is 2.83. The second-order valence-electron chi connectivity index (χ2n) is 5.91. The molecule has 0 aliphatic heterocycles. The molecule has 4 rings (SSSR count). The number of allylic oxidation sites excluding steroid dienone is 2. The lowest BCUT2D eigenvalue weighted by molar-refractivity contribution is -0.121. The van der Waals surface area contributed by atoms with E-state index in [0.29, 0.717) is 4.48 Å². The number of hydrogen-bond donors (Lipinski definition) is 0. The number of fused-ring (bicyclic) bond motifs is 1. The molecule has 0 spiro atoms. The van der Waals surface area contributed by atoms with Gasteiger partial charge in [0.25, 0.3) is 0 Å². The second kappa shape index (κ2) is 4.99. The first-order valence-electron chi connectivity index (χ1n) is 7.30. The summed E-state index contributed by atoms with van der Waals surface area (Å²) >= 11 is 6.92. The van der Waals surface area contributed by atoms with Crippen molar-refractivity contribution < 1.29 is 9.59 Å². The number of carbonyl (C=O) groups excluding carboxylic acids is 2. The minimum absolute atomic E-state index is 0.0268. The van der Waals surface area contributed by atoms with E-state index < -0.39 is 15.7 Å². The van der Waals surface area contributed by atoms with Gasteiger partial charge in [-0.2, -0.15) is 0 Å². The maximum Gasteiger partial charge on any atom is 0.188 e. The van der Waals surface area contributed by atoms with Crippen molar-refractivity contribution in [2.24, 2.45) is 5.92 Å². The van der Waals surface area contributed by atoms with E-state index in [2.05, 4.69) is 31.9 Å². The fraction of sp³-hybridized carbons (Fsp3) is 0.158. The summed E-state index contributed by atoms with van der Waals surface area (Å²) in [7, 11) is 0. The Bertz CT molecular complexity index is 803. The number of hydrogen-bond acceptors (Lipinski definition) is 2. The first kappa shape index (κ1) is 15.0. The molecule has 1 saturated carbocycles. The van der Waals surface area contributed by atoms with Gasteiger partial charge in [-0.15, -0.1) is 0 Å². The minimum atomic E-state index is -0.923. The van der Waals surface area contributed by atoms with E-state index >= 15 is 0 Å². The number of alkyl halides is 1. The lowest BCUT2D eigenvalue weighted by atomic mass is 9.83. The van der Waals surface area contributed by atoms with Crippen LogP contribution in [-0.2, 0) is 15.0 Å². The van der Waals surface area contributed by atoms with Gasteiger partial charge in [0.1, 0.15) is 4.32 Å². The molecule has 114 valence electrons. The zero-order chi connectivity index (χ0) is 16.2. The molecule has 2 unspecified atom stereocenters. The van der Waals surface area contributed by atoms with E-state index in [9.17, 15) is 9.59 Å². The van der Waals surface area contributed by atoms with Crippen molar-refractivity contribution in [3.8, 4) is 0 Å². The van der Waals surface area contributed by atoms with Crippen LogP contribution in [0.5, 0.6) is 0 Å². The molecule has 0 saturated heterocycles. The first-order valence-corrected chi connectivity index (χ1v) is 8.89. The Morgan fingerprint density at radius 2 is 1.30 bits per heavy atom. The third kappa shape index (κ3) is 1.74. The zero-order valence-electron chi connectivity index (χ0n) is 12.0. The summed E-state index contributed by atoms with van der Waals surface area (Å²) in [4.78, 5) is 25.6. The average Bonchev–Trinajstić information content (AvgIpc) is 3.18. The van der Waals surface area contributed by atoms with Gasteiger partial charge >= 0.3 is 0 Å². The van der Waals surface area contributed by atoms with Crippen molar-refractivity contribution in [2.75, 3.05) is 0 Å². The number of halogens is 2. The van der Waals surface area contributed by atoms with Crippen molar-refractivity contribution >= 4 is 43.4 Å². The molecule has 4 heteroatoms. The van der Waals surface area contributed by atoms with Crippen LogP contribution in [0.4, 0.5) is 0 Å². The van der Waals surface area contributed by atoms with Crippen molar-refractivity contribution in [3.05, 3.63) is 82.3 Å². The summed E-state index contributed by atoms with van der Waals surface area (Å²) in [6.07, 6.45) is 1.42. The Kier molecular flexibility index (Phi) is 3.26. The molecule has 2 aliphatic rings. The normalized spacial score (nSPS) is 28.1. The van der Waals surface area contributed by atoms with Gasteiger partial charge in [-0.3, -0.25) is 9.59 Å². The smallest absolute Gasteiger partial charge is 0.188 e. The van der Waals surface area contributed by atoms with E-state index in [1.807, 2.05) is 60.7 Å². The van der Waals surface area contributed by atoms with Gasteiger partial charge in [-0.05, 0) is 33.1 Å². The van der Waals surface area contributed by atoms with Gasteiger partial charge in [0.05, 0.1) is 15.8 Å². The summed E-state index contributed by atoms with van der Waals surface area (Å²) in [5, 5.41) is 0. The molecular formula is C19H12Br2O2. The topological polar surface area (TPSA) is 34.1 Å². The monoisotopic (exact) mass is 430 g/mol. The average molecular weight is 432 g/mol. The largest absolute Gasteiger partial charge is 0.294 e. The number of carbonyl (C=O) groups is 2. The first-order chi connectivity index (χ1) is 11.0. The molecule has 0 radical (unpaired) electrons. The number of rotatable bonds is 2. The molecule has 1 fully saturated rings. The predicted octanol–water partition coefficient (Wildman–Crippen LogP) is 4.17. The van der Waals surface area contributed by atoms with Crippen LogP contribution < -0.4 is 0 Å². The van der Waals surface area contributed by atoms with Gasteiger partial charge in [0.15, 0.2) is 11.6 Å². The van der Waals surface area contributed by atoms with Crippen LogP contribution in [0, 0.1) is 5.92 Å². The van der Waals surface area contributed by atoms with E-state index in [1.165, 1.54) is 6.08 Å². The molecule has 2 aromatic carbocycles. The fourth-order valence-corrected chi connectivity index (χ4v) is 6.09. The quantitative estimate of drug-likeness (QED) is 0.669. The maximum atomic E-state index is 12.9. The highest BCUT2D eigenvalue weighted by molar-refractivity contribution is 9.12. The number of benzene rings is 2. The van der Waals surface area contributed by atoms with Crippen LogP contribution in [0.3, 0.4) is 0 Å². The SMILES string of the molecule is O=C1C=C(Br)C(=O)C2(Br)C1C2(c1ccccc1)c1ccccc1. The molecule has 0 N–H and O–H groups in total. The third-order valence-corrected chi connectivity index (χ3v) is 6.91. The van der Waals surface area contributed by atoms with Crippen molar-refractivity contribution in [1.82, 2.24) is 0 Å². The second-order valence-corrected chi connectivity index (χ2v) is 8.01. The van der Waals surface area contributed by atoms with Gasteiger partial charge in [0.2, 0.25) is 0 Å². The summed E-state index contributed by atoms with van der Waals surface area (Å²) < 4.78 is -0.586. The summed E-state index contributed by atoms with van der Waals surface area (Å²) in [6.45, 7) is 0. The fourth-order valence-electron chi connectivity index (χ4n) is 3.93. The van der Waals surface area contributed by atoms with E-state index in [4.69, 9.17) is 0 Å². The number of ketones is 2. The highest BCUT2D eigenvalue weighted by atomic mass is 79.9. The molecule has 2 atom stereocenters. The molecule has 0 heterocycles. The lowest BCUT2D eigenvalue weighted by Gasteiger charge is -2.21. The Hall–Kier alpha value is -1.52. The van der Waals surface area contributed by atoms with Crippen LogP contribution in [0.15, 0.2) is 71.2 Å². The van der Waals surface area contributed by atoms with Gasteiger partial charge in [-0.1, -0.05) is 76.6 Å². The van der Waals surface area contributed by atoms with Crippen molar-refractivity contribution in [1.29, 1.82) is 0 Å². The molecule has 0 amide bonds. The highest BCUT2D eigenvalue weighted by Crippen LogP contribution is 2.74. The Labute approximate surface area is 150 Å². The molecule has 2 nitrogen and oxygen atoms in total. The third-order valence-electron chi connectivity index (χ3n) is 4.88. The van der Waals surface area contributed by atoms with Gasteiger partial charge in [0, 0.05) is 0 Å². The maximum absolute atomic E-state index is 12.9. The number of Topliss-reactive ketones (excluding diaryl/α,β-unsaturated/α-hetero) is 1. The summed E-state index contributed by atoms with van der Waals surface area (Å²) in [6, 6.07) is 19.6. The molecule has 2 aliphatic carbocycles. The van der Waals surface area contributed by atoms with Gasteiger partial charge < -0.3 is 0 Å². The molecule has 0 aromatic heterocycles. The molecule has 2 aromatic rings. The minimum Gasteiger partial charge on any atom is -0.294 e. The molecule has 23 heavy (non-hydrogen) atoms. The van der Waals surface area contributed by atoms with Gasteiger partial charge in [-0.25, -0.2) is 0 Å². The lowest BCUT2D eigenvalue weighted by Crippen LogP contribution is -2.29. The van der Waals surface area contributed by atoms with E-state index in [-0.39, 0.29) is 11.6 Å².